The summed E-state index contributed by atoms with van der Waals surface area (Å²) in [5.41, 5.74) is 9.71. The van der Waals surface area contributed by atoms with Gasteiger partial charge in [-0.05, 0) is 100.0 Å². The molecule has 1 aromatic carbocycles. The van der Waals surface area contributed by atoms with E-state index < -0.39 is 16.4 Å². The molecule has 53 heavy (non-hydrogen) atoms. The molecule has 4 fully saturated rings. The van der Waals surface area contributed by atoms with Crippen LogP contribution in [0.25, 0.3) is 0 Å². The SMILES string of the molecule is CCC[C@H]1C/C(O)=C2/OC(=O)[C@@]34C5=C(CC[C@@]23[C@]2(OC(=O)c3c(CCCN)cccc32)[C@H]4CCC)[C@@H]2C(=CC[C@H](C)[C@H]2CC5)N2C[C@H]3C[C@@H](C2)CN1C3. The normalized spacial score (nSPS) is 43.2. The summed E-state index contributed by atoms with van der Waals surface area (Å²) >= 11 is 0. The molecule has 1 saturated carbocycles. The lowest BCUT2D eigenvalue weighted by Crippen LogP contribution is -2.77. The third kappa shape index (κ3) is 4.21. The Labute approximate surface area is 315 Å². The van der Waals surface area contributed by atoms with Gasteiger partial charge in [0, 0.05) is 61.7 Å². The lowest BCUT2D eigenvalue weighted by Gasteiger charge is -2.71. The maximum atomic E-state index is 15.4. The number of carbonyl (C=O) groups excluding carboxylic acids is 2. The average molecular weight is 722 g/mol. The zero-order valence-electron chi connectivity index (χ0n) is 32.1. The molecule has 8 heterocycles. The molecule has 284 valence electrons. The van der Waals surface area contributed by atoms with Crippen LogP contribution in [0.15, 0.2) is 52.6 Å². The molecule has 2 spiro atoms. The Morgan fingerprint density at radius 2 is 1.83 bits per heavy atom. The third-order valence-corrected chi connectivity index (χ3v) is 16.2. The molecule has 8 aliphatic heterocycles. The molecule has 4 aliphatic carbocycles. The van der Waals surface area contributed by atoms with E-state index in [4.69, 9.17) is 15.2 Å². The van der Waals surface area contributed by atoms with Crippen molar-refractivity contribution in [3.63, 3.8) is 0 Å². The van der Waals surface area contributed by atoms with Crippen LogP contribution in [0, 0.1) is 46.3 Å². The summed E-state index contributed by atoms with van der Waals surface area (Å²) in [6, 6.07) is 6.35. The van der Waals surface area contributed by atoms with Crippen LogP contribution >= 0.6 is 0 Å². The number of ether oxygens (including phenoxy) is 2. The summed E-state index contributed by atoms with van der Waals surface area (Å²) in [6.45, 7) is 11.7. The number of hydrogen-bond donors (Lipinski definition) is 2. The van der Waals surface area contributed by atoms with Crippen molar-refractivity contribution in [2.24, 2.45) is 52.1 Å². The van der Waals surface area contributed by atoms with Crippen LogP contribution in [0.3, 0.4) is 0 Å². The fourth-order valence-electron chi connectivity index (χ4n) is 14.6. The molecule has 8 nitrogen and oxygen atoms in total. The van der Waals surface area contributed by atoms with Crippen molar-refractivity contribution in [3.05, 3.63) is 69.3 Å². The van der Waals surface area contributed by atoms with Crippen LogP contribution in [0.1, 0.15) is 119 Å². The van der Waals surface area contributed by atoms with Gasteiger partial charge < -0.3 is 25.2 Å². The number of benzene rings is 1. The Balaban J connectivity index is 1.25. The molecule has 0 radical (unpaired) electrons. The fourth-order valence-corrected chi connectivity index (χ4v) is 14.6. The van der Waals surface area contributed by atoms with E-state index in [-0.39, 0.29) is 29.7 Å². The third-order valence-electron chi connectivity index (χ3n) is 16.2. The van der Waals surface area contributed by atoms with E-state index in [2.05, 4.69) is 48.8 Å². The molecule has 8 heteroatoms. The van der Waals surface area contributed by atoms with Gasteiger partial charge in [0.05, 0.1) is 11.0 Å². The van der Waals surface area contributed by atoms with Crippen LogP contribution < -0.4 is 5.73 Å². The summed E-state index contributed by atoms with van der Waals surface area (Å²) in [4.78, 5) is 35.3. The van der Waals surface area contributed by atoms with E-state index >= 15 is 4.79 Å². The van der Waals surface area contributed by atoms with Crippen molar-refractivity contribution in [2.45, 2.75) is 116 Å². The molecule has 3 N–H and O–H groups in total. The number of nitrogens with two attached hydrogens (primary N) is 1. The zero-order chi connectivity index (χ0) is 36.4. The minimum atomic E-state index is -1.09. The molecule has 3 saturated heterocycles. The Morgan fingerprint density at radius 3 is 2.58 bits per heavy atom. The maximum Gasteiger partial charge on any atom is 0.339 e. The molecule has 0 aromatic heterocycles. The van der Waals surface area contributed by atoms with Crippen LogP contribution in [-0.4, -0.2) is 65.6 Å². The summed E-state index contributed by atoms with van der Waals surface area (Å²) in [7, 11) is 0. The lowest BCUT2D eigenvalue weighted by atomic mass is 9.28. The molecule has 12 aliphatic rings. The Bertz CT molecular complexity index is 1830. The van der Waals surface area contributed by atoms with E-state index in [9.17, 15) is 9.90 Å². The van der Waals surface area contributed by atoms with Crippen LogP contribution in [0.4, 0.5) is 0 Å². The van der Waals surface area contributed by atoms with Crippen molar-refractivity contribution in [3.8, 4) is 0 Å². The number of aryl methyl sites for hydroxylation is 1. The van der Waals surface area contributed by atoms with Gasteiger partial charge in [0.25, 0.3) is 0 Å². The van der Waals surface area contributed by atoms with Gasteiger partial charge in [-0.3, -0.25) is 9.69 Å². The van der Waals surface area contributed by atoms with E-state index in [1.165, 1.54) is 23.3 Å². The predicted octanol–water partition coefficient (Wildman–Crippen LogP) is 7.54. The maximum absolute atomic E-state index is 15.4. The Kier molecular flexibility index (Phi) is 7.92. The number of rotatable bonds is 7. The van der Waals surface area contributed by atoms with E-state index in [0.717, 1.165) is 95.1 Å². The number of hydrogen-bond acceptors (Lipinski definition) is 8. The highest BCUT2D eigenvalue weighted by atomic mass is 16.6. The van der Waals surface area contributed by atoms with Crippen molar-refractivity contribution in [1.29, 1.82) is 0 Å². The number of aliphatic hydroxyl groups is 1. The number of aliphatic hydroxyl groups excluding tert-OH is 1. The molecule has 1 unspecified atom stereocenters. The van der Waals surface area contributed by atoms with E-state index in [1.807, 2.05) is 6.07 Å². The lowest BCUT2D eigenvalue weighted by molar-refractivity contribution is -0.278. The second-order valence-corrected chi connectivity index (χ2v) is 18.6. The number of fused-ring (bicyclic) bond motifs is 2. The first-order valence-corrected chi connectivity index (χ1v) is 21.4. The van der Waals surface area contributed by atoms with Gasteiger partial charge in [-0.1, -0.05) is 69.0 Å². The number of nitrogens with zero attached hydrogens (tertiary/aromatic N) is 2. The minimum absolute atomic E-state index is 0.153. The number of carbonyl (C=O) groups is 2. The highest BCUT2D eigenvalue weighted by Gasteiger charge is 2.93. The second-order valence-electron chi connectivity index (χ2n) is 18.6. The average Bonchev–Trinajstić information content (AvgIpc) is 3.61. The Morgan fingerprint density at radius 1 is 1.04 bits per heavy atom. The molecular formula is C45H59N3O5. The largest absolute Gasteiger partial charge is 0.509 e. The minimum Gasteiger partial charge on any atom is -0.509 e. The quantitative estimate of drug-likeness (QED) is 0.220. The zero-order valence-corrected chi connectivity index (χ0v) is 32.1. The van der Waals surface area contributed by atoms with Crippen molar-refractivity contribution >= 4 is 11.9 Å². The van der Waals surface area contributed by atoms with Gasteiger partial charge in [0.1, 0.15) is 11.2 Å². The summed E-state index contributed by atoms with van der Waals surface area (Å²) in [5.74, 6) is 2.49. The first-order valence-electron chi connectivity index (χ1n) is 21.4. The molecule has 0 amide bonds. The molecule has 11 atom stereocenters. The van der Waals surface area contributed by atoms with Gasteiger partial charge >= 0.3 is 11.9 Å². The standard InChI is InChI=1S/C45H59N3O5/c1-4-8-30-21-36(49)40-43-18-17-32-33(15-14-31-26(3)13-16-35(39(31)32)48-24-27-20-28(25-48)23-47(30)22-27)44(43,42(51)52-40)37(9-5-2)45(43)34-12-6-10-29(11-7-19-46)38(34)41(50)53-45/h6,10,12,16,26-28,30-31,37,39,49H,4-5,7-9,11,13-15,17-25,46H2,1-3H3/b40-36-/t26-,27-,28+,30-,31+,37-,39+,43+,44-,45+/m0/s1. The van der Waals surface area contributed by atoms with Crippen molar-refractivity contribution in [1.82, 2.24) is 9.80 Å². The highest BCUT2D eigenvalue weighted by molar-refractivity contribution is 6.00. The summed E-state index contributed by atoms with van der Waals surface area (Å²) < 4.78 is 13.7. The summed E-state index contributed by atoms with van der Waals surface area (Å²) in [6.07, 6.45) is 13.8. The van der Waals surface area contributed by atoms with Crippen LogP contribution in [-0.2, 0) is 26.3 Å². The number of allylic oxidation sites excluding steroid dienone is 2. The van der Waals surface area contributed by atoms with Crippen LogP contribution in [0.2, 0.25) is 0 Å². The van der Waals surface area contributed by atoms with Crippen molar-refractivity contribution in [2.75, 3.05) is 32.7 Å². The number of piperidine rings is 2. The molecule has 1 aromatic rings. The molecular weight excluding hydrogens is 663 g/mol. The van der Waals surface area contributed by atoms with Gasteiger partial charge in [-0.15, -0.1) is 0 Å². The van der Waals surface area contributed by atoms with Gasteiger partial charge in [0.15, 0.2) is 11.4 Å². The van der Waals surface area contributed by atoms with E-state index in [1.54, 1.807) is 0 Å². The first-order chi connectivity index (χ1) is 25.7. The van der Waals surface area contributed by atoms with Gasteiger partial charge in [0.2, 0.25) is 0 Å². The summed E-state index contributed by atoms with van der Waals surface area (Å²) in [5, 5.41) is 12.7. The Hall–Kier alpha value is -3.10. The first kappa shape index (κ1) is 34.4. The number of esters is 2. The highest BCUT2D eigenvalue weighted by Crippen LogP contribution is 2.87. The van der Waals surface area contributed by atoms with Crippen LogP contribution in [0.5, 0.6) is 0 Å². The van der Waals surface area contributed by atoms with Gasteiger partial charge in [-0.2, -0.15) is 0 Å². The van der Waals surface area contributed by atoms with Crippen molar-refractivity contribution < 1.29 is 24.2 Å². The smallest absolute Gasteiger partial charge is 0.339 e. The predicted molar refractivity (Wildman–Crippen MR) is 202 cm³/mol. The molecule has 10 bridgehead atoms. The molecule has 13 rings (SSSR count). The topological polar surface area (TPSA) is 105 Å². The monoisotopic (exact) mass is 721 g/mol. The van der Waals surface area contributed by atoms with Gasteiger partial charge in [-0.25, -0.2) is 4.79 Å². The fraction of sp³-hybridized carbons (Fsp3) is 0.689. The second kappa shape index (κ2) is 12.2. The van der Waals surface area contributed by atoms with E-state index in [0.29, 0.717) is 66.7 Å².